The van der Waals surface area contributed by atoms with Crippen molar-refractivity contribution in [1.29, 1.82) is 0 Å². The van der Waals surface area contributed by atoms with Crippen LogP contribution in [0.4, 0.5) is 5.82 Å². The van der Waals surface area contributed by atoms with Gasteiger partial charge < -0.3 is 10.5 Å². The lowest BCUT2D eigenvalue weighted by Gasteiger charge is -1.99. The number of rotatable bonds is 4. The van der Waals surface area contributed by atoms with Crippen molar-refractivity contribution < 1.29 is 9.53 Å². The van der Waals surface area contributed by atoms with Gasteiger partial charge in [0.25, 0.3) is 0 Å². The van der Waals surface area contributed by atoms with Crippen LogP contribution in [0.5, 0.6) is 0 Å². The molecule has 2 heterocycles. The Morgan fingerprint density at radius 3 is 2.78 bits per heavy atom. The molecule has 0 aliphatic heterocycles. The van der Waals surface area contributed by atoms with Gasteiger partial charge in [0.2, 0.25) is 5.13 Å². The minimum atomic E-state index is -0.445. The standard InChI is InChI=1S/C16H16N4O2S/c1-3-22-15(21)13-9-23-16(18-13)20-14(17)8-12(19-20)11-6-4-10(2)5-7-11/h4-9H,3,17H2,1-2H3. The predicted molar refractivity (Wildman–Crippen MR) is 89.8 cm³/mol. The molecule has 0 radical (unpaired) electrons. The van der Waals surface area contributed by atoms with Crippen molar-refractivity contribution in [3.63, 3.8) is 0 Å². The first-order valence-corrected chi connectivity index (χ1v) is 8.02. The molecule has 0 aliphatic carbocycles. The Hall–Kier alpha value is -2.67. The first-order chi connectivity index (χ1) is 11.1. The van der Waals surface area contributed by atoms with Crippen LogP contribution in [0.2, 0.25) is 0 Å². The maximum atomic E-state index is 11.7. The van der Waals surface area contributed by atoms with Gasteiger partial charge in [-0.1, -0.05) is 29.8 Å². The molecule has 0 fully saturated rings. The van der Waals surface area contributed by atoms with Crippen LogP contribution >= 0.6 is 11.3 Å². The maximum absolute atomic E-state index is 11.7. The van der Waals surface area contributed by atoms with Gasteiger partial charge in [-0.2, -0.15) is 9.78 Å². The van der Waals surface area contributed by atoms with E-state index >= 15 is 0 Å². The van der Waals surface area contributed by atoms with Crippen molar-refractivity contribution in [3.8, 4) is 16.4 Å². The molecule has 0 unspecified atom stereocenters. The number of hydrogen-bond acceptors (Lipinski definition) is 6. The number of ether oxygens (including phenoxy) is 1. The number of aryl methyl sites for hydroxylation is 1. The van der Waals surface area contributed by atoms with E-state index in [1.54, 1.807) is 18.4 Å². The predicted octanol–water partition coefficient (Wildman–Crippen LogP) is 3.06. The molecule has 0 saturated carbocycles. The van der Waals surface area contributed by atoms with Gasteiger partial charge in [0.1, 0.15) is 5.82 Å². The minimum Gasteiger partial charge on any atom is -0.461 e. The average Bonchev–Trinajstić information content (AvgIpc) is 3.15. The maximum Gasteiger partial charge on any atom is 0.357 e. The molecule has 2 aromatic heterocycles. The van der Waals surface area contributed by atoms with Gasteiger partial charge in [-0.3, -0.25) is 0 Å². The highest BCUT2D eigenvalue weighted by atomic mass is 32.1. The number of hydrogen-bond donors (Lipinski definition) is 1. The van der Waals surface area contributed by atoms with E-state index in [1.807, 2.05) is 31.2 Å². The molecular weight excluding hydrogens is 312 g/mol. The van der Waals surface area contributed by atoms with Crippen LogP contribution in [0.15, 0.2) is 35.7 Å². The molecule has 118 valence electrons. The highest BCUT2D eigenvalue weighted by molar-refractivity contribution is 7.12. The average molecular weight is 328 g/mol. The van der Waals surface area contributed by atoms with E-state index in [4.69, 9.17) is 10.5 Å². The Bertz CT molecular complexity index is 836. The molecule has 3 aromatic rings. The van der Waals surface area contributed by atoms with E-state index in [9.17, 15) is 4.79 Å². The number of esters is 1. The third-order valence-electron chi connectivity index (χ3n) is 3.24. The number of aromatic nitrogens is 3. The summed E-state index contributed by atoms with van der Waals surface area (Å²) in [5.41, 5.74) is 9.21. The van der Waals surface area contributed by atoms with E-state index in [0.29, 0.717) is 17.6 Å². The first-order valence-electron chi connectivity index (χ1n) is 7.14. The van der Waals surface area contributed by atoms with E-state index in [1.165, 1.54) is 21.6 Å². The van der Waals surface area contributed by atoms with E-state index in [2.05, 4.69) is 10.1 Å². The van der Waals surface area contributed by atoms with Crippen LogP contribution in [0.3, 0.4) is 0 Å². The topological polar surface area (TPSA) is 83.0 Å². The molecule has 6 nitrogen and oxygen atoms in total. The fraction of sp³-hybridized carbons (Fsp3) is 0.188. The van der Waals surface area contributed by atoms with Crippen LogP contribution in [0, 0.1) is 6.92 Å². The van der Waals surface area contributed by atoms with Crippen LogP contribution in [-0.2, 0) is 4.74 Å². The summed E-state index contributed by atoms with van der Waals surface area (Å²) in [5, 5.41) is 6.66. The quantitative estimate of drug-likeness (QED) is 0.744. The normalized spacial score (nSPS) is 10.7. The molecule has 7 heteroatoms. The summed E-state index contributed by atoms with van der Waals surface area (Å²) in [7, 11) is 0. The third kappa shape index (κ3) is 3.09. The second-order valence-electron chi connectivity index (χ2n) is 4.97. The molecule has 0 saturated heterocycles. The number of nitrogens with zero attached hydrogens (tertiary/aromatic N) is 3. The Morgan fingerprint density at radius 2 is 2.09 bits per heavy atom. The highest BCUT2D eigenvalue weighted by Crippen LogP contribution is 2.25. The van der Waals surface area contributed by atoms with Crippen LogP contribution in [-0.4, -0.2) is 27.3 Å². The molecule has 0 bridgehead atoms. The summed E-state index contributed by atoms with van der Waals surface area (Å²) in [6.07, 6.45) is 0. The largest absolute Gasteiger partial charge is 0.461 e. The number of nitrogens with two attached hydrogens (primary N) is 1. The zero-order valence-electron chi connectivity index (χ0n) is 12.8. The van der Waals surface area contributed by atoms with Crippen molar-refractivity contribution in [2.45, 2.75) is 13.8 Å². The Morgan fingerprint density at radius 1 is 1.35 bits per heavy atom. The highest BCUT2D eigenvalue weighted by Gasteiger charge is 2.16. The number of carbonyl (C=O) groups excluding carboxylic acids is 1. The van der Waals surface area contributed by atoms with Crippen molar-refractivity contribution in [2.75, 3.05) is 12.3 Å². The molecule has 0 atom stereocenters. The summed E-state index contributed by atoms with van der Waals surface area (Å²) < 4.78 is 6.47. The lowest BCUT2D eigenvalue weighted by molar-refractivity contribution is 0.0520. The molecule has 3 rings (SSSR count). The number of nitrogen functional groups attached to an aromatic ring is 1. The molecule has 0 aliphatic rings. The smallest absolute Gasteiger partial charge is 0.357 e. The van der Waals surface area contributed by atoms with Gasteiger partial charge in [0.05, 0.1) is 12.3 Å². The lowest BCUT2D eigenvalue weighted by Crippen LogP contribution is -2.06. The summed E-state index contributed by atoms with van der Waals surface area (Å²) in [6.45, 7) is 4.10. The van der Waals surface area contributed by atoms with Crippen LogP contribution < -0.4 is 5.73 Å². The molecule has 1 aromatic carbocycles. The lowest BCUT2D eigenvalue weighted by atomic mass is 10.1. The number of thiazole rings is 1. The second-order valence-corrected chi connectivity index (χ2v) is 5.80. The Labute approximate surface area is 137 Å². The van der Waals surface area contributed by atoms with Gasteiger partial charge in [-0.15, -0.1) is 11.3 Å². The van der Waals surface area contributed by atoms with Gasteiger partial charge in [-0.05, 0) is 13.8 Å². The molecular formula is C16H16N4O2S. The number of anilines is 1. The Balaban J connectivity index is 1.92. The van der Waals surface area contributed by atoms with Crippen molar-refractivity contribution >= 4 is 23.1 Å². The minimum absolute atomic E-state index is 0.263. The van der Waals surface area contributed by atoms with Crippen molar-refractivity contribution in [2.24, 2.45) is 0 Å². The summed E-state index contributed by atoms with van der Waals surface area (Å²) in [4.78, 5) is 15.9. The van der Waals surface area contributed by atoms with Crippen LogP contribution in [0.25, 0.3) is 16.4 Å². The fourth-order valence-electron chi connectivity index (χ4n) is 2.07. The zero-order valence-corrected chi connectivity index (χ0v) is 13.6. The van der Waals surface area contributed by atoms with E-state index in [0.717, 1.165) is 11.3 Å². The monoisotopic (exact) mass is 328 g/mol. The zero-order chi connectivity index (χ0) is 16.4. The fourth-order valence-corrected chi connectivity index (χ4v) is 2.84. The second kappa shape index (κ2) is 6.21. The van der Waals surface area contributed by atoms with Gasteiger partial charge in [-0.25, -0.2) is 9.78 Å². The summed E-state index contributed by atoms with van der Waals surface area (Å²) in [5.74, 6) is 0.0184. The number of carbonyl (C=O) groups is 1. The van der Waals surface area contributed by atoms with Gasteiger partial charge in [0.15, 0.2) is 5.69 Å². The molecule has 23 heavy (non-hydrogen) atoms. The molecule has 2 N–H and O–H groups in total. The SMILES string of the molecule is CCOC(=O)c1csc(-n2nc(-c3ccc(C)cc3)cc2N)n1. The van der Waals surface area contributed by atoms with E-state index in [-0.39, 0.29) is 5.69 Å². The molecule has 0 amide bonds. The van der Waals surface area contributed by atoms with Gasteiger partial charge in [0, 0.05) is 17.0 Å². The van der Waals surface area contributed by atoms with E-state index < -0.39 is 5.97 Å². The van der Waals surface area contributed by atoms with Crippen molar-refractivity contribution in [1.82, 2.24) is 14.8 Å². The van der Waals surface area contributed by atoms with Crippen LogP contribution in [0.1, 0.15) is 23.0 Å². The van der Waals surface area contributed by atoms with Gasteiger partial charge >= 0.3 is 5.97 Å². The Kier molecular flexibility index (Phi) is 4.12. The summed E-state index contributed by atoms with van der Waals surface area (Å²) in [6, 6.07) is 9.82. The number of benzene rings is 1. The van der Waals surface area contributed by atoms with Crippen molar-refractivity contribution in [3.05, 3.63) is 47.0 Å². The molecule has 0 spiro atoms. The summed E-state index contributed by atoms with van der Waals surface area (Å²) >= 11 is 1.29. The third-order valence-corrected chi connectivity index (χ3v) is 4.06. The first kappa shape index (κ1) is 15.2.